The highest BCUT2D eigenvalue weighted by atomic mass is 15.1. The van der Waals surface area contributed by atoms with E-state index in [-0.39, 0.29) is 0 Å². The molecule has 2 aliphatic rings. The third-order valence-electron chi connectivity index (χ3n) is 5.11. The average molecular weight is 288 g/mol. The second-order valence-corrected chi connectivity index (χ2v) is 6.67. The van der Waals surface area contributed by atoms with Gasteiger partial charge in [0, 0.05) is 24.6 Å². The largest absolute Gasteiger partial charge is 0.370 e. The maximum absolute atomic E-state index is 4.74. The lowest BCUT2D eigenvalue weighted by Gasteiger charge is -2.25. The molecule has 116 valence electrons. The summed E-state index contributed by atoms with van der Waals surface area (Å²) >= 11 is 0. The number of nitrogens with one attached hydrogen (secondary N) is 2. The summed E-state index contributed by atoms with van der Waals surface area (Å²) in [4.78, 5) is 9.39. The van der Waals surface area contributed by atoms with Crippen LogP contribution >= 0.6 is 0 Å². The Morgan fingerprint density at radius 2 is 1.90 bits per heavy atom. The van der Waals surface area contributed by atoms with E-state index in [1.807, 2.05) is 0 Å². The molecule has 21 heavy (non-hydrogen) atoms. The summed E-state index contributed by atoms with van der Waals surface area (Å²) in [6.07, 6.45) is 7.58. The van der Waals surface area contributed by atoms with E-state index in [4.69, 9.17) is 4.98 Å². The lowest BCUT2D eigenvalue weighted by molar-refractivity contribution is 0.438. The Labute approximate surface area is 128 Å². The van der Waals surface area contributed by atoms with Gasteiger partial charge in [0.15, 0.2) is 0 Å². The highest BCUT2D eigenvalue weighted by Gasteiger charge is 2.39. The van der Waals surface area contributed by atoms with E-state index in [0.717, 1.165) is 48.7 Å². The van der Waals surface area contributed by atoms with Crippen LogP contribution in [0, 0.1) is 18.8 Å². The smallest absolute Gasteiger partial charge is 0.135 e. The van der Waals surface area contributed by atoms with E-state index in [9.17, 15) is 0 Å². The zero-order valence-electron chi connectivity index (χ0n) is 13.6. The van der Waals surface area contributed by atoms with Gasteiger partial charge in [-0.05, 0) is 44.4 Å². The maximum Gasteiger partial charge on any atom is 0.135 e. The first-order valence-electron chi connectivity index (χ1n) is 8.59. The van der Waals surface area contributed by atoms with Gasteiger partial charge in [-0.3, -0.25) is 0 Å². The van der Waals surface area contributed by atoms with Crippen molar-refractivity contribution >= 4 is 11.6 Å². The predicted octanol–water partition coefficient (Wildman–Crippen LogP) is 3.77. The Bertz CT molecular complexity index is 500. The predicted molar refractivity (Wildman–Crippen MR) is 87.8 cm³/mol. The van der Waals surface area contributed by atoms with Crippen LogP contribution in [-0.4, -0.2) is 22.6 Å². The lowest BCUT2D eigenvalue weighted by atomic mass is 9.95. The summed E-state index contributed by atoms with van der Waals surface area (Å²) in [6.45, 7) is 7.40. The molecule has 2 bridgehead atoms. The molecule has 0 radical (unpaired) electrons. The van der Waals surface area contributed by atoms with Gasteiger partial charge in [-0.25, -0.2) is 9.97 Å². The fraction of sp³-hybridized carbons (Fsp3) is 0.765. The molecule has 2 saturated carbocycles. The van der Waals surface area contributed by atoms with Crippen LogP contribution < -0.4 is 10.6 Å². The van der Waals surface area contributed by atoms with Crippen molar-refractivity contribution in [3.05, 3.63) is 11.4 Å². The average Bonchev–Trinajstić information content (AvgIpc) is 3.10. The third-order valence-corrected chi connectivity index (χ3v) is 5.11. The molecule has 1 aromatic heterocycles. The van der Waals surface area contributed by atoms with Gasteiger partial charge in [-0.1, -0.05) is 20.3 Å². The van der Waals surface area contributed by atoms with Crippen molar-refractivity contribution in [1.29, 1.82) is 0 Å². The molecule has 2 aliphatic carbocycles. The van der Waals surface area contributed by atoms with Gasteiger partial charge in [0.1, 0.15) is 17.5 Å². The lowest BCUT2D eigenvalue weighted by Crippen LogP contribution is -2.27. The number of anilines is 2. The van der Waals surface area contributed by atoms with Crippen LogP contribution in [0.3, 0.4) is 0 Å². The molecule has 3 unspecified atom stereocenters. The molecule has 0 aromatic carbocycles. The Hall–Kier alpha value is -1.32. The van der Waals surface area contributed by atoms with Gasteiger partial charge < -0.3 is 10.6 Å². The van der Waals surface area contributed by atoms with E-state index < -0.39 is 0 Å². The second-order valence-electron chi connectivity index (χ2n) is 6.67. The van der Waals surface area contributed by atoms with Crippen LogP contribution in [-0.2, 0) is 6.42 Å². The van der Waals surface area contributed by atoms with E-state index >= 15 is 0 Å². The van der Waals surface area contributed by atoms with E-state index in [1.165, 1.54) is 31.2 Å². The quantitative estimate of drug-likeness (QED) is 0.836. The van der Waals surface area contributed by atoms with Gasteiger partial charge in [0.25, 0.3) is 0 Å². The van der Waals surface area contributed by atoms with E-state index in [1.54, 1.807) is 0 Å². The van der Waals surface area contributed by atoms with Crippen molar-refractivity contribution in [1.82, 2.24) is 9.97 Å². The normalized spacial score (nSPS) is 27.1. The number of hydrogen-bond donors (Lipinski definition) is 2. The Balaban J connectivity index is 1.79. The summed E-state index contributed by atoms with van der Waals surface area (Å²) in [6, 6.07) is 0.626. The number of aromatic nitrogens is 2. The molecule has 1 aromatic rings. The number of rotatable bonds is 6. The molecule has 0 saturated heterocycles. The van der Waals surface area contributed by atoms with Crippen molar-refractivity contribution in [3.63, 3.8) is 0 Å². The molecule has 3 atom stereocenters. The van der Waals surface area contributed by atoms with Gasteiger partial charge in [0.05, 0.1) is 0 Å². The summed E-state index contributed by atoms with van der Waals surface area (Å²) in [5, 5.41) is 7.19. The van der Waals surface area contributed by atoms with Crippen LogP contribution in [0.5, 0.6) is 0 Å². The SMILES string of the molecule is CCCNc1nc(CC)nc(NC2CC3CCC2C3)c1C. The molecule has 3 rings (SSSR count). The Morgan fingerprint density at radius 1 is 1.10 bits per heavy atom. The van der Waals surface area contributed by atoms with Crippen LogP contribution in [0.15, 0.2) is 0 Å². The second kappa shape index (κ2) is 6.20. The zero-order chi connectivity index (χ0) is 14.8. The first kappa shape index (κ1) is 14.6. The fourth-order valence-corrected chi connectivity index (χ4v) is 3.87. The Kier molecular flexibility index (Phi) is 4.32. The van der Waals surface area contributed by atoms with Crippen molar-refractivity contribution in [2.75, 3.05) is 17.2 Å². The van der Waals surface area contributed by atoms with Crippen molar-refractivity contribution in [2.24, 2.45) is 11.8 Å². The van der Waals surface area contributed by atoms with Crippen molar-refractivity contribution < 1.29 is 0 Å². The van der Waals surface area contributed by atoms with Crippen LogP contribution in [0.25, 0.3) is 0 Å². The van der Waals surface area contributed by atoms with Gasteiger partial charge in [-0.2, -0.15) is 0 Å². The maximum atomic E-state index is 4.74. The minimum atomic E-state index is 0.626. The van der Waals surface area contributed by atoms with Crippen LogP contribution in [0.2, 0.25) is 0 Å². The topological polar surface area (TPSA) is 49.8 Å². The monoisotopic (exact) mass is 288 g/mol. The van der Waals surface area contributed by atoms with E-state index in [2.05, 4.69) is 36.4 Å². The molecule has 1 heterocycles. The summed E-state index contributed by atoms with van der Waals surface area (Å²) in [5.74, 6) is 4.82. The summed E-state index contributed by atoms with van der Waals surface area (Å²) < 4.78 is 0. The van der Waals surface area contributed by atoms with Gasteiger partial charge >= 0.3 is 0 Å². The van der Waals surface area contributed by atoms with Crippen LogP contribution in [0.1, 0.15) is 57.3 Å². The highest BCUT2D eigenvalue weighted by Crippen LogP contribution is 2.45. The van der Waals surface area contributed by atoms with Crippen molar-refractivity contribution in [2.45, 2.75) is 65.3 Å². The number of aryl methyl sites for hydroxylation is 1. The number of hydrogen-bond acceptors (Lipinski definition) is 4. The first-order valence-corrected chi connectivity index (χ1v) is 8.59. The van der Waals surface area contributed by atoms with Crippen LogP contribution in [0.4, 0.5) is 11.6 Å². The van der Waals surface area contributed by atoms with Crippen molar-refractivity contribution in [3.8, 4) is 0 Å². The molecular weight excluding hydrogens is 260 g/mol. The molecule has 0 spiro atoms. The fourth-order valence-electron chi connectivity index (χ4n) is 3.87. The highest BCUT2D eigenvalue weighted by molar-refractivity contribution is 5.57. The molecular formula is C17H28N4. The molecule has 0 amide bonds. The molecule has 4 heteroatoms. The minimum absolute atomic E-state index is 0.626. The zero-order valence-corrected chi connectivity index (χ0v) is 13.6. The standard InChI is InChI=1S/C17H28N4/c1-4-8-18-16-11(3)17(21-15(5-2)20-16)19-14-10-12-6-7-13(14)9-12/h12-14H,4-10H2,1-3H3,(H2,18,19,20,21). The van der Waals surface area contributed by atoms with E-state index in [0.29, 0.717) is 6.04 Å². The molecule has 0 aliphatic heterocycles. The molecule has 2 N–H and O–H groups in total. The molecule has 4 nitrogen and oxygen atoms in total. The summed E-state index contributed by atoms with van der Waals surface area (Å²) in [7, 11) is 0. The van der Waals surface area contributed by atoms with Gasteiger partial charge in [0.2, 0.25) is 0 Å². The first-order chi connectivity index (χ1) is 10.2. The number of nitrogens with zero attached hydrogens (tertiary/aromatic N) is 2. The number of fused-ring (bicyclic) bond motifs is 2. The Morgan fingerprint density at radius 3 is 2.52 bits per heavy atom. The van der Waals surface area contributed by atoms with Gasteiger partial charge in [-0.15, -0.1) is 0 Å². The summed E-state index contributed by atoms with van der Waals surface area (Å²) in [5.41, 5.74) is 1.17. The molecule has 2 fully saturated rings. The minimum Gasteiger partial charge on any atom is -0.370 e. The third kappa shape index (κ3) is 2.99.